The summed E-state index contributed by atoms with van der Waals surface area (Å²) in [6.07, 6.45) is 0. The Morgan fingerprint density at radius 2 is 1.67 bits per heavy atom. The van der Waals surface area contributed by atoms with Gasteiger partial charge >= 0.3 is 0 Å². The molecule has 0 unspecified atom stereocenters. The van der Waals surface area contributed by atoms with E-state index in [0.29, 0.717) is 5.69 Å². The van der Waals surface area contributed by atoms with Gasteiger partial charge in [-0.2, -0.15) is 0 Å². The van der Waals surface area contributed by atoms with E-state index in [9.17, 15) is 23.3 Å². The molecule has 0 atom stereocenters. The second-order valence-electron chi connectivity index (χ2n) is 6.16. The maximum atomic E-state index is 13.2. The SMILES string of the molecule is O=C(CN(c1ccc([N+](=O)[O-])cc1)S(=O)(=O)c1ccccc1)Nc1cccc(Br)c1. The highest BCUT2D eigenvalue weighted by Crippen LogP contribution is 2.26. The first kappa shape index (κ1) is 21.5. The molecule has 0 aliphatic carbocycles. The van der Waals surface area contributed by atoms with Crippen molar-refractivity contribution in [2.45, 2.75) is 4.90 Å². The third kappa shape index (κ3) is 5.02. The highest BCUT2D eigenvalue weighted by molar-refractivity contribution is 9.10. The Labute approximate surface area is 181 Å². The van der Waals surface area contributed by atoms with Crippen molar-refractivity contribution in [3.05, 3.63) is 93.4 Å². The summed E-state index contributed by atoms with van der Waals surface area (Å²) < 4.78 is 28.1. The number of non-ortho nitro benzene ring substituents is 1. The van der Waals surface area contributed by atoms with Crippen LogP contribution in [0.3, 0.4) is 0 Å². The molecule has 0 saturated heterocycles. The molecule has 0 aliphatic heterocycles. The topological polar surface area (TPSA) is 110 Å². The predicted molar refractivity (Wildman–Crippen MR) is 117 cm³/mol. The summed E-state index contributed by atoms with van der Waals surface area (Å²) in [5.74, 6) is -0.564. The molecule has 3 aromatic rings. The molecule has 1 N–H and O–H groups in total. The van der Waals surface area contributed by atoms with Crippen molar-refractivity contribution in [2.24, 2.45) is 0 Å². The van der Waals surface area contributed by atoms with Crippen molar-refractivity contribution < 1.29 is 18.1 Å². The number of anilines is 2. The smallest absolute Gasteiger partial charge is 0.269 e. The van der Waals surface area contributed by atoms with E-state index in [2.05, 4.69) is 21.2 Å². The fraction of sp³-hybridized carbons (Fsp3) is 0.0500. The van der Waals surface area contributed by atoms with Crippen LogP contribution in [0.4, 0.5) is 17.1 Å². The number of hydrogen-bond acceptors (Lipinski definition) is 5. The Balaban J connectivity index is 1.95. The number of nitro benzene ring substituents is 1. The maximum Gasteiger partial charge on any atom is 0.269 e. The largest absolute Gasteiger partial charge is 0.324 e. The zero-order valence-corrected chi connectivity index (χ0v) is 17.8. The number of carbonyl (C=O) groups excluding carboxylic acids is 1. The number of benzene rings is 3. The van der Waals surface area contributed by atoms with Gasteiger partial charge in [0, 0.05) is 22.3 Å². The Hall–Kier alpha value is -3.24. The third-order valence-corrected chi connectivity index (χ3v) is 6.36. The van der Waals surface area contributed by atoms with Crippen LogP contribution in [-0.4, -0.2) is 25.8 Å². The van der Waals surface area contributed by atoms with Gasteiger partial charge < -0.3 is 5.32 Å². The van der Waals surface area contributed by atoms with Crippen LogP contribution in [-0.2, 0) is 14.8 Å². The summed E-state index contributed by atoms with van der Waals surface area (Å²) in [6, 6.07) is 19.5. The summed E-state index contributed by atoms with van der Waals surface area (Å²) in [4.78, 5) is 22.9. The minimum Gasteiger partial charge on any atom is -0.324 e. The van der Waals surface area contributed by atoms with Gasteiger partial charge in [-0.3, -0.25) is 19.2 Å². The molecule has 154 valence electrons. The fourth-order valence-electron chi connectivity index (χ4n) is 2.67. The van der Waals surface area contributed by atoms with Crippen molar-refractivity contribution in [2.75, 3.05) is 16.2 Å². The van der Waals surface area contributed by atoms with Gasteiger partial charge in [0.1, 0.15) is 6.54 Å². The first-order valence-electron chi connectivity index (χ1n) is 8.65. The summed E-state index contributed by atoms with van der Waals surface area (Å²) >= 11 is 3.31. The Morgan fingerprint density at radius 3 is 2.27 bits per heavy atom. The fourth-order valence-corrected chi connectivity index (χ4v) is 4.51. The second-order valence-corrected chi connectivity index (χ2v) is 8.93. The lowest BCUT2D eigenvalue weighted by Crippen LogP contribution is -2.38. The number of nitrogens with zero attached hydrogens (tertiary/aromatic N) is 2. The molecule has 0 aromatic heterocycles. The van der Waals surface area contributed by atoms with Crippen LogP contribution >= 0.6 is 15.9 Å². The minimum absolute atomic E-state index is 0.00129. The number of rotatable bonds is 7. The molecule has 10 heteroatoms. The van der Waals surface area contributed by atoms with Crippen LogP contribution in [0.1, 0.15) is 0 Å². The van der Waals surface area contributed by atoms with E-state index in [4.69, 9.17) is 0 Å². The molecule has 3 rings (SSSR count). The zero-order valence-electron chi connectivity index (χ0n) is 15.4. The number of nitrogens with one attached hydrogen (secondary N) is 1. The molecule has 3 aromatic carbocycles. The van der Waals surface area contributed by atoms with E-state index < -0.39 is 27.4 Å². The van der Waals surface area contributed by atoms with E-state index in [1.54, 1.807) is 42.5 Å². The first-order chi connectivity index (χ1) is 14.3. The van der Waals surface area contributed by atoms with E-state index in [1.165, 1.54) is 36.4 Å². The number of amides is 1. The van der Waals surface area contributed by atoms with Crippen molar-refractivity contribution in [3.63, 3.8) is 0 Å². The lowest BCUT2D eigenvalue weighted by atomic mass is 10.3. The monoisotopic (exact) mass is 489 g/mol. The van der Waals surface area contributed by atoms with Crippen LogP contribution < -0.4 is 9.62 Å². The molecule has 0 bridgehead atoms. The van der Waals surface area contributed by atoms with Gasteiger partial charge in [-0.05, 0) is 42.5 Å². The molecule has 0 radical (unpaired) electrons. The van der Waals surface area contributed by atoms with Gasteiger partial charge in [-0.25, -0.2) is 8.42 Å². The quantitative estimate of drug-likeness (QED) is 0.395. The highest BCUT2D eigenvalue weighted by atomic mass is 79.9. The highest BCUT2D eigenvalue weighted by Gasteiger charge is 2.27. The van der Waals surface area contributed by atoms with Crippen molar-refractivity contribution in [3.8, 4) is 0 Å². The number of sulfonamides is 1. The van der Waals surface area contributed by atoms with Gasteiger partial charge in [0.2, 0.25) is 5.91 Å². The maximum absolute atomic E-state index is 13.2. The average Bonchev–Trinajstić information content (AvgIpc) is 2.72. The number of hydrogen-bond donors (Lipinski definition) is 1. The van der Waals surface area contributed by atoms with Gasteiger partial charge in [0.05, 0.1) is 15.5 Å². The second kappa shape index (κ2) is 9.06. The van der Waals surface area contributed by atoms with E-state index in [0.717, 1.165) is 8.78 Å². The summed E-state index contributed by atoms with van der Waals surface area (Å²) in [7, 11) is -4.09. The number of halogens is 1. The third-order valence-electron chi connectivity index (χ3n) is 4.08. The summed E-state index contributed by atoms with van der Waals surface area (Å²) in [5.41, 5.74) is 0.443. The predicted octanol–water partition coefficient (Wildman–Crippen LogP) is 4.19. The summed E-state index contributed by atoms with van der Waals surface area (Å²) in [6.45, 7) is -0.512. The van der Waals surface area contributed by atoms with Gasteiger partial charge in [0.25, 0.3) is 15.7 Å². The molecule has 30 heavy (non-hydrogen) atoms. The zero-order chi connectivity index (χ0) is 21.7. The Morgan fingerprint density at radius 1 is 1.00 bits per heavy atom. The van der Waals surface area contributed by atoms with E-state index in [1.807, 2.05) is 0 Å². The van der Waals surface area contributed by atoms with Crippen LogP contribution in [0.5, 0.6) is 0 Å². The Kier molecular flexibility index (Phi) is 6.48. The molecule has 0 fully saturated rings. The average molecular weight is 490 g/mol. The molecular formula is C20H16BrN3O5S. The van der Waals surface area contributed by atoms with Crippen LogP contribution in [0.2, 0.25) is 0 Å². The number of nitro groups is 1. The standard InChI is InChI=1S/C20H16BrN3O5S/c21-15-5-4-6-16(13-15)22-20(25)14-23(17-9-11-18(12-10-17)24(26)27)30(28,29)19-7-2-1-3-8-19/h1-13H,14H2,(H,22,25). The van der Waals surface area contributed by atoms with Crippen molar-refractivity contribution >= 4 is 48.9 Å². The van der Waals surface area contributed by atoms with Crippen LogP contribution in [0.25, 0.3) is 0 Å². The van der Waals surface area contributed by atoms with Crippen molar-refractivity contribution in [1.82, 2.24) is 0 Å². The van der Waals surface area contributed by atoms with Gasteiger partial charge in [0.15, 0.2) is 0 Å². The molecule has 0 spiro atoms. The summed E-state index contributed by atoms with van der Waals surface area (Å²) in [5, 5.41) is 13.6. The normalized spacial score (nSPS) is 11.0. The molecule has 0 saturated carbocycles. The molecule has 1 amide bonds. The molecular weight excluding hydrogens is 474 g/mol. The molecule has 8 nitrogen and oxygen atoms in total. The first-order valence-corrected chi connectivity index (χ1v) is 10.9. The van der Waals surface area contributed by atoms with Crippen LogP contribution in [0, 0.1) is 10.1 Å². The lowest BCUT2D eigenvalue weighted by Gasteiger charge is -2.24. The lowest BCUT2D eigenvalue weighted by molar-refractivity contribution is -0.384. The van der Waals surface area contributed by atoms with E-state index in [-0.39, 0.29) is 16.3 Å². The van der Waals surface area contributed by atoms with E-state index >= 15 is 0 Å². The number of carbonyl (C=O) groups is 1. The molecule has 0 heterocycles. The van der Waals surface area contributed by atoms with Gasteiger partial charge in [-0.1, -0.05) is 40.2 Å². The molecule has 0 aliphatic rings. The van der Waals surface area contributed by atoms with Crippen molar-refractivity contribution in [1.29, 1.82) is 0 Å². The van der Waals surface area contributed by atoms with Gasteiger partial charge in [-0.15, -0.1) is 0 Å². The Bertz CT molecular complexity index is 1170. The van der Waals surface area contributed by atoms with Crippen LogP contribution in [0.15, 0.2) is 88.2 Å². The minimum atomic E-state index is -4.09.